The van der Waals surface area contributed by atoms with Crippen molar-refractivity contribution in [3.05, 3.63) is 23.8 Å². The Kier molecular flexibility index (Phi) is 2.04. The number of rotatable bonds is 2. The molecule has 0 bridgehead atoms. The molecule has 0 aromatic carbocycles. The first-order valence-corrected chi connectivity index (χ1v) is 6.28. The summed E-state index contributed by atoms with van der Waals surface area (Å²) in [5, 5.41) is 13.0. The summed E-state index contributed by atoms with van der Waals surface area (Å²) >= 11 is 0. The third kappa shape index (κ3) is 1.63. The van der Waals surface area contributed by atoms with Crippen molar-refractivity contribution in [3.63, 3.8) is 0 Å². The van der Waals surface area contributed by atoms with E-state index in [0.29, 0.717) is 23.4 Å². The van der Waals surface area contributed by atoms with Crippen LogP contribution >= 0.6 is 0 Å². The Labute approximate surface area is 108 Å². The lowest BCUT2D eigenvalue weighted by molar-refractivity contribution is 0.443. The van der Waals surface area contributed by atoms with Crippen LogP contribution in [0.3, 0.4) is 0 Å². The van der Waals surface area contributed by atoms with E-state index in [1.807, 2.05) is 13.0 Å². The topological polar surface area (TPSA) is 77.8 Å². The Balaban J connectivity index is 1.76. The minimum absolute atomic E-state index is 0.426. The van der Waals surface area contributed by atoms with Gasteiger partial charge in [-0.3, -0.25) is 0 Å². The van der Waals surface area contributed by atoms with Crippen LogP contribution in [0.25, 0.3) is 22.6 Å². The molecular weight excluding hydrogens is 244 g/mol. The fraction of sp³-hybridized carbons (Fsp3) is 0.385. The number of aromatic nitrogens is 4. The molecule has 6 nitrogen and oxygen atoms in total. The van der Waals surface area contributed by atoms with Gasteiger partial charge in [0.15, 0.2) is 0 Å². The van der Waals surface area contributed by atoms with Gasteiger partial charge in [0.1, 0.15) is 0 Å². The normalized spacial score (nSPS) is 22.0. The molecule has 3 heterocycles. The lowest BCUT2D eigenvalue weighted by Gasteiger charge is -1.94. The number of pyridine rings is 1. The maximum atomic E-state index is 5.72. The molecular formula is C13H12N4O2. The van der Waals surface area contributed by atoms with E-state index in [1.165, 1.54) is 0 Å². The zero-order chi connectivity index (χ0) is 13.0. The first kappa shape index (κ1) is 10.7. The molecule has 1 aliphatic carbocycles. The van der Waals surface area contributed by atoms with E-state index in [9.17, 15) is 0 Å². The summed E-state index contributed by atoms with van der Waals surface area (Å²) in [5.74, 6) is 2.30. The maximum Gasteiger partial charge on any atom is 0.257 e. The summed E-state index contributed by atoms with van der Waals surface area (Å²) < 4.78 is 10.8. The fourth-order valence-corrected chi connectivity index (χ4v) is 2.23. The van der Waals surface area contributed by atoms with E-state index in [1.54, 1.807) is 6.20 Å². The first-order valence-electron chi connectivity index (χ1n) is 6.28. The molecule has 2 atom stereocenters. The van der Waals surface area contributed by atoms with Crippen LogP contribution < -0.4 is 0 Å². The molecule has 0 aliphatic heterocycles. The second-order valence-corrected chi connectivity index (χ2v) is 5.11. The number of hydrogen-bond acceptors (Lipinski definition) is 6. The molecule has 0 amide bonds. The fourth-order valence-electron chi connectivity index (χ4n) is 2.23. The smallest absolute Gasteiger partial charge is 0.257 e. The SMILES string of the molecule is Cc1noc2ncc(-c3nnc(C4CC4C)o3)cc12. The second kappa shape index (κ2) is 3.63. The molecule has 0 saturated heterocycles. The molecule has 4 rings (SSSR count). The van der Waals surface area contributed by atoms with Crippen LogP contribution in [0, 0.1) is 12.8 Å². The van der Waals surface area contributed by atoms with E-state index in [2.05, 4.69) is 27.3 Å². The number of fused-ring (bicyclic) bond motifs is 1. The molecule has 3 aromatic rings. The zero-order valence-electron chi connectivity index (χ0n) is 10.6. The molecule has 1 fully saturated rings. The number of aryl methyl sites for hydroxylation is 1. The molecule has 1 saturated carbocycles. The van der Waals surface area contributed by atoms with Gasteiger partial charge in [-0.05, 0) is 25.3 Å². The highest BCUT2D eigenvalue weighted by Gasteiger charge is 2.38. The van der Waals surface area contributed by atoms with Crippen molar-refractivity contribution in [3.8, 4) is 11.5 Å². The molecule has 1 aliphatic rings. The lowest BCUT2D eigenvalue weighted by atomic mass is 10.2. The number of nitrogens with zero attached hydrogens (tertiary/aromatic N) is 4. The monoisotopic (exact) mass is 256 g/mol. The van der Waals surface area contributed by atoms with E-state index in [0.717, 1.165) is 29.0 Å². The van der Waals surface area contributed by atoms with Crippen molar-refractivity contribution >= 4 is 11.1 Å². The Morgan fingerprint density at radius 3 is 2.95 bits per heavy atom. The predicted octanol–water partition coefficient (Wildman–Crippen LogP) is 2.70. The highest BCUT2D eigenvalue weighted by molar-refractivity contribution is 5.79. The Hall–Kier alpha value is -2.24. The molecule has 2 unspecified atom stereocenters. The molecule has 3 aromatic heterocycles. The van der Waals surface area contributed by atoms with Gasteiger partial charge in [0, 0.05) is 12.1 Å². The quantitative estimate of drug-likeness (QED) is 0.701. The van der Waals surface area contributed by atoms with Gasteiger partial charge in [0.05, 0.1) is 16.6 Å². The van der Waals surface area contributed by atoms with Crippen molar-refractivity contribution < 1.29 is 8.94 Å². The maximum absolute atomic E-state index is 5.72. The van der Waals surface area contributed by atoms with Crippen molar-refractivity contribution in [2.24, 2.45) is 5.92 Å². The average Bonchev–Trinajstić information content (AvgIpc) is 2.86. The summed E-state index contributed by atoms with van der Waals surface area (Å²) in [7, 11) is 0. The molecule has 96 valence electrons. The summed E-state index contributed by atoms with van der Waals surface area (Å²) in [6.45, 7) is 4.06. The summed E-state index contributed by atoms with van der Waals surface area (Å²) in [4.78, 5) is 4.21. The van der Waals surface area contributed by atoms with E-state index in [4.69, 9.17) is 8.94 Å². The van der Waals surface area contributed by atoms with Crippen molar-refractivity contribution in [1.29, 1.82) is 0 Å². The largest absolute Gasteiger partial charge is 0.420 e. The van der Waals surface area contributed by atoms with E-state index in [-0.39, 0.29) is 0 Å². The van der Waals surface area contributed by atoms with Gasteiger partial charge < -0.3 is 8.94 Å². The molecule has 6 heteroatoms. The van der Waals surface area contributed by atoms with Crippen LogP contribution in [0.2, 0.25) is 0 Å². The number of hydrogen-bond donors (Lipinski definition) is 0. The van der Waals surface area contributed by atoms with Gasteiger partial charge in [-0.1, -0.05) is 12.1 Å². The summed E-state index contributed by atoms with van der Waals surface area (Å²) in [5.41, 5.74) is 2.13. The van der Waals surface area contributed by atoms with Crippen molar-refractivity contribution in [2.45, 2.75) is 26.2 Å². The standard InChI is InChI=1S/C13H12N4O2/c1-6-3-9(6)13-16-15-11(18-13)8-4-10-7(2)17-19-12(10)14-5-8/h4-6,9H,3H2,1-2H3. The van der Waals surface area contributed by atoms with Gasteiger partial charge in [-0.2, -0.15) is 0 Å². The second-order valence-electron chi connectivity index (χ2n) is 5.11. The third-order valence-corrected chi connectivity index (χ3v) is 3.62. The third-order valence-electron chi connectivity index (χ3n) is 3.62. The van der Waals surface area contributed by atoms with Crippen molar-refractivity contribution in [1.82, 2.24) is 20.3 Å². The van der Waals surface area contributed by atoms with Gasteiger partial charge in [-0.25, -0.2) is 4.98 Å². The molecule has 0 spiro atoms. The van der Waals surface area contributed by atoms with Gasteiger partial charge >= 0.3 is 0 Å². The van der Waals surface area contributed by atoms with Gasteiger partial charge in [-0.15, -0.1) is 10.2 Å². The van der Waals surface area contributed by atoms with Crippen LogP contribution in [0.4, 0.5) is 0 Å². The predicted molar refractivity (Wildman–Crippen MR) is 66.4 cm³/mol. The van der Waals surface area contributed by atoms with Crippen LogP contribution in [0.15, 0.2) is 21.2 Å². The molecule has 0 N–H and O–H groups in total. The van der Waals surface area contributed by atoms with Crippen LogP contribution in [-0.4, -0.2) is 20.3 Å². The molecule has 0 radical (unpaired) electrons. The minimum Gasteiger partial charge on any atom is -0.420 e. The van der Waals surface area contributed by atoms with Crippen LogP contribution in [0.1, 0.15) is 30.8 Å². The highest BCUT2D eigenvalue weighted by Crippen LogP contribution is 2.46. The lowest BCUT2D eigenvalue weighted by Crippen LogP contribution is -1.81. The van der Waals surface area contributed by atoms with Gasteiger partial charge in [0.2, 0.25) is 11.8 Å². The van der Waals surface area contributed by atoms with E-state index >= 15 is 0 Å². The summed E-state index contributed by atoms with van der Waals surface area (Å²) in [6.07, 6.45) is 2.80. The average molecular weight is 256 g/mol. The highest BCUT2D eigenvalue weighted by atomic mass is 16.5. The Morgan fingerprint density at radius 2 is 2.16 bits per heavy atom. The minimum atomic E-state index is 0.426. The van der Waals surface area contributed by atoms with Crippen LogP contribution in [0.5, 0.6) is 0 Å². The Morgan fingerprint density at radius 1 is 1.32 bits per heavy atom. The van der Waals surface area contributed by atoms with Crippen molar-refractivity contribution in [2.75, 3.05) is 0 Å². The molecule has 19 heavy (non-hydrogen) atoms. The zero-order valence-corrected chi connectivity index (χ0v) is 10.6. The van der Waals surface area contributed by atoms with E-state index < -0.39 is 0 Å². The first-order chi connectivity index (χ1) is 9.22. The Bertz CT molecular complexity index is 761. The van der Waals surface area contributed by atoms with Crippen LogP contribution in [-0.2, 0) is 0 Å². The summed E-state index contributed by atoms with van der Waals surface area (Å²) in [6, 6.07) is 1.92. The van der Waals surface area contributed by atoms with Gasteiger partial charge in [0.25, 0.3) is 5.71 Å².